The zero-order valence-corrected chi connectivity index (χ0v) is 6.05. The van der Waals surface area contributed by atoms with Gasteiger partial charge < -0.3 is 10.1 Å². The lowest BCUT2D eigenvalue weighted by atomic mass is 10.3. The summed E-state index contributed by atoms with van der Waals surface area (Å²) >= 11 is 0. The molecule has 0 aromatic heterocycles. The summed E-state index contributed by atoms with van der Waals surface area (Å²) in [5.74, 6) is 0.895. The highest BCUT2D eigenvalue weighted by molar-refractivity contribution is 5.90. The number of hydrogen-bond acceptors (Lipinski definition) is 2. The zero-order chi connectivity index (χ0) is 7.40. The Hall–Kier alpha value is -1.05. The summed E-state index contributed by atoms with van der Waals surface area (Å²) in [7, 11) is 0. The Balaban J connectivity index is 2.44. The molecule has 0 spiro atoms. The Labute approximate surface area is 60.7 Å². The minimum absolute atomic E-state index is 0.552. The molecule has 0 unspecified atom stereocenters. The summed E-state index contributed by atoms with van der Waals surface area (Å²) in [6, 6.07) is 0. The topological polar surface area (TPSA) is 33.1 Å². The van der Waals surface area contributed by atoms with Crippen LogP contribution < -0.4 is 0 Å². The first-order chi connectivity index (χ1) is 4.79. The maximum atomic E-state index is 7.09. The third-order valence-corrected chi connectivity index (χ3v) is 1.23. The van der Waals surface area contributed by atoms with Crippen LogP contribution in [0.4, 0.5) is 0 Å². The van der Waals surface area contributed by atoms with Crippen molar-refractivity contribution in [3.63, 3.8) is 0 Å². The highest BCUT2D eigenvalue weighted by Gasteiger charge is 1.99. The van der Waals surface area contributed by atoms with Gasteiger partial charge in [-0.05, 0) is 25.2 Å². The van der Waals surface area contributed by atoms with Gasteiger partial charge in [0, 0.05) is 12.1 Å². The van der Waals surface area contributed by atoms with Gasteiger partial charge in [-0.15, -0.1) is 0 Å². The molecule has 0 amide bonds. The van der Waals surface area contributed by atoms with Gasteiger partial charge in [0.05, 0.1) is 6.61 Å². The largest absolute Gasteiger partial charge is 0.494 e. The third-order valence-electron chi connectivity index (χ3n) is 1.23. The molecule has 10 heavy (non-hydrogen) atoms. The minimum atomic E-state index is 0.552. The Morgan fingerprint density at radius 2 is 2.60 bits per heavy atom. The molecule has 0 radical (unpaired) electrons. The van der Waals surface area contributed by atoms with Gasteiger partial charge >= 0.3 is 0 Å². The number of rotatable bonds is 2. The SMILES string of the molecule is CC(=N)/C=C\C1=CCCO1. The van der Waals surface area contributed by atoms with Crippen LogP contribution in [-0.4, -0.2) is 12.3 Å². The van der Waals surface area contributed by atoms with Crippen LogP contribution >= 0.6 is 0 Å². The Morgan fingerprint density at radius 3 is 3.10 bits per heavy atom. The van der Waals surface area contributed by atoms with Crippen molar-refractivity contribution in [3.05, 3.63) is 24.0 Å². The molecule has 1 heterocycles. The van der Waals surface area contributed by atoms with E-state index >= 15 is 0 Å². The molecule has 1 N–H and O–H groups in total. The van der Waals surface area contributed by atoms with E-state index in [-0.39, 0.29) is 0 Å². The van der Waals surface area contributed by atoms with Crippen molar-refractivity contribution in [2.75, 3.05) is 6.61 Å². The molecular weight excluding hydrogens is 126 g/mol. The van der Waals surface area contributed by atoms with Crippen LogP contribution in [0.15, 0.2) is 24.0 Å². The van der Waals surface area contributed by atoms with Gasteiger partial charge in [0.15, 0.2) is 0 Å². The van der Waals surface area contributed by atoms with Crippen molar-refractivity contribution >= 4 is 5.71 Å². The maximum absolute atomic E-state index is 7.09. The summed E-state index contributed by atoms with van der Waals surface area (Å²) < 4.78 is 5.18. The van der Waals surface area contributed by atoms with Gasteiger partial charge in [0.25, 0.3) is 0 Å². The highest BCUT2D eigenvalue weighted by Crippen LogP contribution is 2.09. The Bertz CT molecular complexity index is 191. The van der Waals surface area contributed by atoms with Crippen LogP contribution in [0.2, 0.25) is 0 Å². The van der Waals surface area contributed by atoms with E-state index in [4.69, 9.17) is 10.1 Å². The number of allylic oxidation sites excluding steroid dienone is 2. The first kappa shape index (κ1) is 7.06. The molecule has 0 saturated heterocycles. The number of hydrogen-bond donors (Lipinski definition) is 1. The third kappa shape index (κ3) is 2.05. The predicted octanol–water partition coefficient (Wildman–Crippen LogP) is 1.89. The van der Waals surface area contributed by atoms with E-state index in [2.05, 4.69) is 0 Å². The van der Waals surface area contributed by atoms with Crippen molar-refractivity contribution in [1.29, 1.82) is 5.41 Å². The molecule has 2 heteroatoms. The second-order valence-electron chi connectivity index (χ2n) is 2.26. The Kier molecular flexibility index (Phi) is 2.26. The predicted molar refractivity (Wildman–Crippen MR) is 41.2 cm³/mol. The number of nitrogens with one attached hydrogen (secondary N) is 1. The molecule has 0 atom stereocenters. The average Bonchev–Trinajstić information content (AvgIpc) is 2.34. The highest BCUT2D eigenvalue weighted by atomic mass is 16.5. The molecule has 0 aliphatic carbocycles. The van der Waals surface area contributed by atoms with Gasteiger partial charge in [-0.3, -0.25) is 0 Å². The van der Waals surface area contributed by atoms with E-state index < -0.39 is 0 Å². The van der Waals surface area contributed by atoms with E-state index in [9.17, 15) is 0 Å². The van der Waals surface area contributed by atoms with Gasteiger partial charge in [-0.25, -0.2) is 0 Å². The van der Waals surface area contributed by atoms with Gasteiger partial charge in [0.1, 0.15) is 5.76 Å². The van der Waals surface area contributed by atoms with Crippen molar-refractivity contribution in [2.24, 2.45) is 0 Å². The molecule has 2 nitrogen and oxygen atoms in total. The van der Waals surface area contributed by atoms with Crippen molar-refractivity contribution in [2.45, 2.75) is 13.3 Å². The molecule has 0 fully saturated rings. The molecule has 0 saturated carbocycles. The van der Waals surface area contributed by atoms with Gasteiger partial charge in [-0.2, -0.15) is 0 Å². The zero-order valence-electron chi connectivity index (χ0n) is 6.05. The summed E-state index contributed by atoms with van der Waals surface area (Å²) in [6.07, 6.45) is 6.59. The van der Waals surface area contributed by atoms with Crippen LogP contribution in [0.25, 0.3) is 0 Å². The van der Waals surface area contributed by atoms with Crippen LogP contribution in [0.3, 0.4) is 0 Å². The summed E-state index contributed by atoms with van der Waals surface area (Å²) in [6.45, 7) is 2.53. The van der Waals surface area contributed by atoms with E-state index in [1.165, 1.54) is 0 Å². The fourth-order valence-corrected chi connectivity index (χ4v) is 0.760. The molecular formula is C8H11NO. The minimum Gasteiger partial charge on any atom is -0.494 e. The lowest BCUT2D eigenvalue weighted by molar-refractivity contribution is 0.257. The van der Waals surface area contributed by atoms with E-state index in [0.717, 1.165) is 18.8 Å². The molecule has 1 rings (SSSR count). The Morgan fingerprint density at radius 1 is 1.80 bits per heavy atom. The molecule has 0 bridgehead atoms. The van der Waals surface area contributed by atoms with Crippen molar-refractivity contribution in [3.8, 4) is 0 Å². The van der Waals surface area contributed by atoms with Crippen LogP contribution in [0, 0.1) is 5.41 Å². The fourth-order valence-electron chi connectivity index (χ4n) is 0.760. The second kappa shape index (κ2) is 3.20. The van der Waals surface area contributed by atoms with Crippen molar-refractivity contribution < 1.29 is 4.74 Å². The smallest absolute Gasteiger partial charge is 0.115 e. The summed E-state index contributed by atoms with van der Waals surface area (Å²) in [5, 5.41) is 7.09. The van der Waals surface area contributed by atoms with Gasteiger partial charge in [0.2, 0.25) is 0 Å². The molecule has 0 aromatic rings. The summed E-state index contributed by atoms with van der Waals surface area (Å²) in [4.78, 5) is 0. The van der Waals surface area contributed by atoms with Crippen LogP contribution in [-0.2, 0) is 4.74 Å². The first-order valence-corrected chi connectivity index (χ1v) is 3.35. The average molecular weight is 137 g/mol. The monoisotopic (exact) mass is 137 g/mol. The normalized spacial score (nSPS) is 17.1. The van der Waals surface area contributed by atoms with Crippen LogP contribution in [0.5, 0.6) is 0 Å². The molecule has 0 aromatic carbocycles. The van der Waals surface area contributed by atoms with Crippen molar-refractivity contribution in [1.82, 2.24) is 0 Å². The van der Waals surface area contributed by atoms with Crippen LogP contribution in [0.1, 0.15) is 13.3 Å². The maximum Gasteiger partial charge on any atom is 0.115 e. The van der Waals surface area contributed by atoms with E-state index in [1.54, 1.807) is 13.0 Å². The molecule has 1 aliphatic heterocycles. The number of ether oxygens (including phenoxy) is 1. The quantitative estimate of drug-likeness (QED) is 0.579. The fraction of sp³-hybridized carbons (Fsp3) is 0.375. The van der Waals surface area contributed by atoms with E-state index in [0.29, 0.717) is 5.71 Å². The molecule has 54 valence electrons. The summed E-state index contributed by atoms with van der Waals surface area (Å²) in [5.41, 5.74) is 0.552. The molecule has 1 aliphatic rings. The van der Waals surface area contributed by atoms with Gasteiger partial charge in [-0.1, -0.05) is 0 Å². The second-order valence-corrected chi connectivity index (χ2v) is 2.26. The lowest BCUT2D eigenvalue weighted by Gasteiger charge is -1.94. The standard InChI is InChI=1S/C8H11NO/c1-7(9)4-5-8-3-2-6-10-8/h3-5,9H,2,6H2,1H3/b5-4-,9-7?. The lowest BCUT2D eigenvalue weighted by Crippen LogP contribution is -1.83. The van der Waals surface area contributed by atoms with E-state index in [1.807, 2.05) is 12.2 Å². The first-order valence-electron chi connectivity index (χ1n) is 3.35.